The van der Waals surface area contributed by atoms with E-state index in [1.54, 1.807) is 6.20 Å². The molecule has 0 radical (unpaired) electrons. The number of hydrogen-bond acceptors (Lipinski definition) is 3. The number of nitrogens with zero attached hydrogens (tertiary/aromatic N) is 1. The van der Waals surface area contributed by atoms with Crippen molar-refractivity contribution in [2.45, 2.75) is 19.8 Å². The van der Waals surface area contributed by atoms with Crippen LogP contribution >= 0.6 is 11.6 Å². The van der Waals surface area contributed by atoms with E-state index in [9.17, 15) is 0 Å². The minimum Gasteiger partial charge on any atom is -0.383 e. The predicted octanol–water partition coefficient (Wildman–Crippen LogP) is 2.72. The van der Waals surface area contributed by atoms with E-state index >= 15 is 0 Å². The van der Waals surface area contributed by atoms with Gasteiger partial charge in [-0.3, -0.25) is 0 Å². The molecule has 0 spiro atoms. The Labute approximate surface area is 102 Å². The first-order valence-electron chi connectivity index (χ1n) is 5.52. The van der Waals surface area contributed by atoms with Gasteiger partial charge in [0.1, 0.15) is 5.82 Å². The first-order valence-corrected chi connectivity index (χ1v) is 5.90. The van der Waals surface area contributed by atoms with Gasteiger partial charge in [0.05, 0.1) is 5.02 Å². The summed E-state index contributed by atoms with van der Waals surface area (Å²) in [4.78, 5) is 3.99. The van der Waals surface area contributed by atoms with Crippen LogP contribution in [0, 0.1) is 0 Å². The van der Waals surface area contributed by atoms with E-state index in [1.165, 1.54) is 0 Å². The molecule has 4 heteroatoms. The minimum absolute atomic E-state index is 0.516. The highest BCUT2D eigenvalue weighted by Crippen LogP contribution is 2.16. The molecular formula is C12H18ClN3. The molecule has 0 amide bonds. The first-order chi connectivity index (χ1) is 7.74. The number of nitrogen functional groups attached to an aromatic ring is 1. The van der Waals surface area contributed by atoms with Crippen molar-refractivity contribution in [3.63, 3.8) is 0 Å². The van der Waals surface area contributed by atoms with E-state index in [4.69, 9.17) is 17.3 Å². The molecule has 0 aliphatic heterocycles. The highest BCUT2D eigenvalue weighted by molar-refractivity contribution is 6.30. The summed E-state index contributed by atoms with van der Waals surface area (Å²) in [5.41, 5.74) is 6.59. The molecule has 3 N–H and O–H groups in total. The highest BCUT2D eigenvalue weighted by atomic mass is 35.5. The largest absolute Gasteiger partial charge is 0.383 e. The van der Waals surface area contributed by atoms with Crippen LogP contribution in [0.2, 0.25) is 5.02 Å². The molecule has 0 aromatic carbocycles. The second kappa shape index (κ2) is 7.25. The number of hydrogen-bond donors (Lipinski definition) is 2. The Balaban J connectivity index is 2.40. The van der Waals surface area contributed by atoms with Gasteiger partial charge in [0.2, 0.25) is 0 Å². The molecule has 0 atom stereocenters. The predicted molar refractivity (Wildman–Crippen MR) is 70.5 cm³/mol. The number of anilines is 1. The number of halogens is 1. The fraction of sp³-hybridized carbons (Fsp3) is 0.417. The van der Waals surface area contributed by atoms with Crippen LogP contribution in [0.4, 0.5) is 5.82 Å². The summed E-state index contributed by atoms with van der Waals surface area (Å²) in [5.74, 6) is 0.516. The van der Waals surface area contributed by atoms with E-state index < -0.39 is 0 Å². The molecule has 0 fully saturated rings. The molecule has 0 saturated carbocycles. The molecule has 0 unspecified atom stereocenters. The van der Waals surface area contributed by atoms with Crippen molar-refractivity contribution in [1.82, 2.24) is 10.3 Å². The van der Waals surface area contributed by atoms with Crippen LogP contribution in [0.15, 0.2) is 18.3 Å². The second-order valence-corrected chi connectivity index (χ2v) is 4.01. The molecule has 0 aliphatic rings. The summed E-state index contributed by atoms with van der Waals surface area (Å²) in [5, 5.41) is 3.93. The van der Waals surface area contributed by atoms with Crippen LogP contribution in [0.3, 0.4) is 0 Å². The lowest BCUT2D eigenvalue weighted by Gasteiger charge is -2.00. The van der Waals surface area contributed by atoms with Gasteiger partial charge in [-0.05, 0) is 32.0 Å². The van der Waals surface area contributed by atoms with Crippen LogP contribution in [0.25, 0.3) is 6.08 Å². The van der Waals surface area contributed by atoms with E-state index in [0.29, 0.717) is 10.8 Å². The maximum Gasteiger partial charge on any atom is 0.130 e. The maximum absolute atomic E-state index is 5.83. The van der Waals surface area contributed by atoms with Crippen molar-refractivity contribution in [2.24, 2.45) is 0 Å². The Morgan fingerprint density at radius 1 is 1.50 bits per heavy atom. The van der Waals surface area contributed by atoms with Crippen molar-refractivity contribution in [2.75, 3.05) is 18.8 Å². The standard InChI is InChI=1S/C12H18ClN3/c1-2-6-15-7-4-3-5-10-8-11(13)9-16-12(10)14/h3,5,8-9,15H,2,4,6-7H2,1H3,(H2,14,16). The normalized spacial score (nSPS) is 11.1. The number of nitrogens with two attached hydrogens (primary N) is 1. The molecule has 88 valence electrons. The van der Waals surface area contributed by atoms with Gasteiger partial charge in [0, 0.05) is 11.8 Å². The maximum atomic E-state index is 5.83. The molecule has 0 aliphatic carbocycles. The quantitative estimate of drug-likeness (QED) is 0.751. The molecule has 1 aromatic heterocycles. The average molecular weight is 240 g/mol. The second-order valence-electron chi connectivity index (χ2n) is 3.57. The zero-order chi connectivity index (χ0) is 11.8. The third kappa shape index (κ3) is 4.64. The van der Waals surface area contributed by atoms with Crippen molar-refractivity contribution in [3.05, 3.63) is 28.9 Å². The van der Waals surface area contributed by atoms with E-state index in [0.717, 1.165) is 31.5 Å². The number of rotatable bonds is 6. The molecule has 1 heterocycles. The highest BCUT2D eigenvalue weighted by Gasteiger charge is 1.96. The first kappa shape index (κ1) is 13.0. The SMILES string of the molecule is CCCNCCC=Cc1cc(Cl)cnc1N. The summed E-state index contributed by atoms with van der Waals surface area (Å²) in [6.07, 6.45) is 7.73. The van der Waals surface area contributed by atoms with Gasteiger partial charge in [-0.1, -0.05) is 30.7 Å². The van der Waals surface area contributed by atoms with Gasteiger partial charge < -0.3 is 11.1 Å². The van der Waals surface area contributed by atoms with Crippen LogP contribution in [0.1, 0.15) is 25.3 Å². The Bertz CT molecular complexity index is 350. The lowest BCUT2D eigenvalue weighted by atomic mass is 10.2. The van der Waals surface area contributed by atoms with Crippen molar-refractivity contribution >= 4 is 23.5 Å². The number of pyridine rings is 1. The Morgan fingerprint density at radius 3 is 3.06 bits per heavy atom. The van der Waals surface area contributed by atoms with Crippen LogP contribution in [-0.4, -0.2) is 18.1 Å². The third-order valence-corrected chi connectivity index (χ3v) is 2.33. The lowest BCUT2D eigenvalue weighted by Crippen LogP contribution is -2.14. The van der Waals surface area contributed by atoms with Gasteiger partial charge >= 0.3 is 0 Å². The number of nitrogens with one attached hydrogen (secondary N) is 1. The van der Waals surface area contributed by atoms with E-state index in [-0.39, 0.29) is 0 Å². The molecule has 16 heavy (non-hydrogen) atoms. The Kier molecular flexibility index (Phi) is 5.90. The van der Waals surface area contributed by atoms with Gasteiger partial charge in [-0.15, -0.1) is 0 Å². The molecule has 0 bridgehead atoms. The smallest absolute Gasteiger partial charge is 0.130 e. The number of aromatic nitrogens is 1. The molecule has 3 nitrogen and oxygen atoms in total. The topological polar surface area (TPSA) is 50.9 Å². The fourth-order valence-electron chi connectivity index (χ4n) is 1.30. The summed E-state index contributed by atoms with van der Waals surface area (Å²) < 4.78 is 0. The van der Waals surface area contributed by atoms with Gasteiger partial charge in [0.15, 0.2) is 0 Å². The molecule has 1 rings (SSSR count). The Hall–Kier alpha value is -1.06. The van der Waals surface area contributed by atoms with Crippen LogP contribution in [0.5, 0.6) is 0 Å². The van der Waals surface area contributed by atoms with Gasteiger partial charge in [0.25, 0.3) is 0 Å². The minimum atomic E-state index is 0.516. The fourth-order valence-corrected chi connectivity index (χ4v) is 1.46. The average Bonchev–Trinajstić information content (AvgIpc) is 2.28. The van der Waals surface area contributed by atoms with Gasteiger partial charge in [-0.2, -0.15) is 0 Å². The molecular weight excluding hydrogens is 222 g/mol. The monoisotopic (exact) mass is 239 g/mol. The Morgan fingerprint density at radius 2 is 2.31 bits per heavy atom. The summed E-state index contributed by atoms with van der Waals surface area (Å²) in [7, 11) is 0. The summed E-state index contributed by atoms with van der Waals surface area (Å²) >= 11 is 5.83. The summed E-state index contributed by atoms with van der Waals surface area (Å²) in [6.45, 7) is 4.20. The van der Waals surface area contributed by atoms with Gasteiger partial charge in [-0.25, -0.2) is 4.98 Å². The zero-order valence-corrected chi connectivity index (χ0v) is 10.3. The zero-order valence-electron chi connectivity index (χ0n) is 9.54. The van der Waals surface area contributed by atoms with Crippen molar-refractivity contribution < 1.29 is 0 Å². The third-order valence-electron chi connectivity index (χ3n) is 2.13. The van der Waals surface area contributed by atoms with Crippen LogP contribution in [-0.2, 0) is 0 Å². The van der Waals surface area contributed by atoms with Crippen LogP contribution < -0.4 is 11.1 Å². The van der Waals surface area contributed by atoms with Crippen molar-refractivity contribution in [3.8, 4) is 0 Å². The van der Waals surface area contributed by atoms with E-state index in [1.807, 2.05) is 12.1 Å². The molecule has 1 aromatic rings. The summed E-state index contributed by atoms with van der Waals surface area (Å²) in [6, 6.07) is 1.82. The van der Waals surface area contributed by atoms with Crippen molar-refractivity contribution in [1.29, 1.82) is 0 Å². The lowest BCUT2D eigenvalue weighted by molar-refractivity contribution is 0.679. The van der Waals surface area contributed by atoms with E-state index in [2.05, 4.69) is 23.3 Å². The molecule has 0 saturated heterocycles.